The zero-order chi connectivity index (χ0) is 25.3. The van der Waals surface area contributed by atoms with E-state index in [9.17, 15) is 13.5 Å². The van der Waals surface area contributed by atoms with Crippen LogP contribution in [-0.2, 0) is 16.4 Å². The fourth-order valence-electron chi connectivity index (χ4n) is 3.93. The molecular formula is C27H29N3O3S2. The quantitative estimate of drug-likeness (QED) is 0.310. The van der Waals surface area contributed by atoms with Crippen molar-refractivity contribution in [3.63, 3.8) is 0 Å². The number of nitrogens with one attached hydrogen (secondary N) is 1. The third kappa shape index (κ3) is 5.04. The van der Waals surface area contributed by atoms with Crippen molar-refractivity contribution in [2.45, 2.75) is 32.1 Å². The third-order valence-electron chi connectivity index (χ3n) is 5.81. The summed E-state index contributed by atoms with van der Waals surface area (Å²) >= 11 is 1.55. The first-order valence-electron chi connectivity index (χ1n) is 11.3. The lowest BCUT2D eigenvalue weighted by atomic mass is 10.1. The lowest BCUT2D eigenvalue weighted by Crippen LogP contribution is -2.16. The Labute approximate surface area is 211 Å². The molecule has 0 aliphatic carbocycles. The van der Waals surface area contributed by atoms with Gasteiger partial charge in [-0.15, -0.1) is 11.3 Å². The summed E-state index contributed by atoms with van der Waals surface area (Å²) in [6, 6.07) is 18.1. The van der Waals surface area contributed by atoms with Crippen LogP contribution in [0.2, 0.25) is 0 Å². The van der Waals surface area contributed by atoms with Crippen molar-refractivity contribution in [1.82, 2.24) is 4.98 Å². The van der Waals surface area contributed by atoms with Crippen LogP contribution in [0.15, 0.2) is 65.6 Å². The van der Waals surface area contributed by atoms with Gasteiger partial charge in [0.15, 0.2) is 0 Å². The molecule has 8 heteroatoms. The molecule has 0 amide bonds. The number of thiazole rings is 1. The Bertz CT molecular complexity index is 1450. The molecule has 6 nitrogen and oxygen atoms in total. The molecule has 0 bridgehead atoms. The van der Waals surface area contributed by atoms with E-state index >= 15 is 0 Å². The topological polar surface area (TPSA) is 82.5 Å². The van der Waals surface area contributed by atoms with Crippen LogP contribution >= 0.6 is 11.3 Å². The Morgan fingerprint density at radius 1 is 1.00 bits per heavy atom. The standard InChI is InChI=1S/C27H29N3O3S2/c1-6-23-25(28-27(34-23)19-14-17(2)26(31)18(3)15-19)22-13-12-21(30(4)5)16-24(22)35(32,33)29-20-10-8-7-9-11-20/h7-16,29,31H,6H2,1-5H3. The predicted octanol–water partition coefficient (Wildman–Crippen LogP) is 6.23. The molecule has 4 rings (SSSR count). The summed E-state index contributed by atoms with van der Waals surface area (Å²) in [6.07, 6.45) is 0.712. The van der Waals surface area contributed by atoms with E-state index in [0.29, 0.717) is 23.4 Å². The van der Waals surface area contributed by atoms with E-state index in [0.717, 1.165) is 32.3 Å². The summed E-state index contributed by atoms with van der Waals surface area (Å²) < 4.78 is 29.9. The second-order valence-electron chi connectivity index (χ2n) is 8.65. The number of hydrogen-bond donors (Lipinski definition) is 2. The normalized spacial score (nSPS) is 11.5. The van der Waals surface area contributed by atoms with Gasteiger partial charge in [-0.05, 0) is 73.9 Å². The Hall–Kier alpha value is -3.36. The molecule has 1 heterocycles. The van der Waals surface area contributed by atoms with Gasteiger partial charge in [-0.1, -0.05) is 25.1 Å². The zero-order valence-corrected chi connectivity index (χ0v) is 22.1. The van der Waals surface area contributed by atoms with Gasteiger partial charge in [0.2, 0.25) is 0 Å². The number of anilines is 2. The number of aromatic nitrogens is 1. The van der Waals surface area contributed by atoms with Crippen molar-refractivity contribution >= 4 is 32.7 Å². The molecule has 0 aliphatic rings. The van der Waals surface area contributed by atoms with Gasteiger partial charge < -0.3 is 10.0 Å². The molecule has 0 spiro atoms. The van der Waals surface area contributed by atoms with Gasteiger partial charge in [-0.25, -0.2) is 13.4 Å². The van der Waals surface area contributed by atoms with Crippen LogP contribution in [0.3, 0.4) is 0 Å². The van der Waals surface area contributed by atoms with E-state index in [1.807, 2.05) is 70.1 Å². The Kier molecular flexibility index (Phi) is 6.87. The van der Waals surface area contributed by atoms with Crippen LogP contribution in [0.1, 0.15) is 22.9 Å². The summed E-state index contributed by atoms with van der Waals surface area (Å²) in [4.78, 5) is 7.97. The summed E-state index contributed by atoms with van der Waals surface area (Å²) in [7, 11) is -0.135. The van der Waals surface area contributed by atoms with Crippen LogP contribution in [0.25, 0.3) is 21.8 Å². The number of para-hydroxylation sites is 1. The number of phenols is 1. The highest BCUT2D eigenvalue weighted by Crippen LogP contribution is 2.40. The third-order valence-corrected chi connectivity index (χ3v) is 8.48. The molecule has 0 unspecified atom stereocenters. The maximum atomic E-state index is 13.6. The fourth-order valence-corrected chi connectivity index (χ4v) is 6.22. The molecule has 0 atom stereocenters. The number of aryl methyl sites for hydroxylation is 3. The molecule has 0 saturated carbocycles. The summed E-state index contributed by atoms with van der Waals surface area (Å²) in [5, 5.41) is 11.0. The number of nitrogens with zero attached hydrogens (tertiary/aromatic N) is 2. The van der Waals surface area contributed by atoms with Gasteiger partial charge in [0.05, 0.1) is 10.6 Å². The average Bonchev–Trinajstić information content (AvgIpc) is 3.26. The lowest BCUT2D eigenvalue weighted by Gasteiger charge is -2.17. The van der Waals surface area contributed by atoms with E-state index in [-0.39, 0.29) is 10.6 Å². The van der Waals surface area contributed by atoms with Crippen molar-refractivity contribution in [3.05, 3.63) is 76.7 Å². The smallest absolute Gasteiger partial charge is 0.262 e. The number of sulfonamides is 1. The molecule has 35 heavy (non-hydrogen) atoms. The van der Waals surface area contributed by atoms with Crippen LogP contribution < -0.4 is 9.62 Å². The maximum Gasteiger partial charge on any atom is 0.262 e. The minimum atomic E-state index is -3.89. The molecule has 4 aromatic rings. The lowest BCUT2D eigenvalue weighted by molar-refractivity contribution is 0.467. The summed E-state index contributed by atoms with van der Waals surface area (Å²) in [5.74, 6) is 0.279. The molecule has 0 aliphatic heterocycles. The highest BCUT2D eigenvalue weighted by molar-refractivity contribution is 7.92. The molecule has 1 aromatic heterocycles. The van der Waals surface area contributed by atoms with Crippen molar-refractivity contribution in [2.75, 3.05) is 23.7 Å². The molecule has 0 radical (unpaired) electrons. The van der Waals surface area contributed by atoms with Crippen LogP contribution in [0.4, 0.5) is 11.4 Å². The Morgan fingerprint density at radius 2 is 1.66 bits per heavy atom. The van der Waals surface area contributed by atoms with Gasteiger partial charge >= 0.3 is 0 Å². The number of benzene rings is 3. The zero-order valence-electron chi connectivity index (χ0n) is 20.5. The van der Waals surface area contributed by atoms with Crippen molar-refractivity contribution in [3.8, 4) is 27.6 Å². The van der Waals surface area contributed by atoms with Gasteiger partial charge in [-0.3, -0.25) is 4.72 Å². The predicted molar refractivity (Wildman–Crippen MR) is 145 cm³/mol. The minimum absolute atomic E-state index is 0.178. The first-order valence-corrected chi connectivity index (χ1v) is 13.6. The summed E-state index contributed by atoms with van der Waals surface area (Å²) in [6.45, 7) is 5.76. The van der Waals surface area contributed by atoms with E-state index in [4.69, 9.17) is 4.98 Å². The first kappa shape index (κ1) is 24.8. The molecule has 2 N–H and O–H groups in total. The van der Waals surface area contributed by atoms with Crippen LogP contribution in [0.5, 0.6) is 5.75 Å². The Balaban J connectivity index is 1.89. The maximum absolute atomic E-state index is 13.6. The number of hydrogen-bond acceptors (Lipinski definition) is 6. The second-order valence-corrected chi connectivity index (χ2v) is 11.4. The average molecular weight is 508 g/mol. The second kappa shape index (κ2) is 9.71. The number of phenolic OH excluding ortho intramolecular Hbond substituents is 1. The van der Waals surface area contributed by atoms with Gasteiger partial charge in [0.25, 0.3) is 10.0 Å². The van der Waals surface area contributed by atoms with Crippen LogP contribution in [-0.4, -0.2) is 32.6 Å². The van der Waals surface area contributed by atoms with Crippen molar-refractivity contribution < 1.29 is 13.5 Å². The molecular weight excluding hydrogens is 478 g/mol. The number of rotatable bonds is 7. The van der Waals surface area contributed by atoms with E-state index in [1.165, 1.54) is 0 Å². The van der Waals surface area contributed by atoms with Gasteiger partial charge in [0, 0.05) is 41.5 Å². The van der Waals surface area contributed by atoms with Gasteiger partial charge in [0.1, 0.15) is 10.8 Å². The highest BCUT2D eigenvalue weighted by atomic mass is 32.2. The Morgan fingerprint density at radius 3 is 2.26 bits per heavy atom. The van der Waals surface area contributed by atoms with Crippen LogP contribution in [0, 0.1) is 13.8 Å². The van der Waals surface area contributed by atoms with E-state index in [2.05, 4.69) is 4.72 Å². The SMILES string of the molecule is CCc1sc(-c2cc(C)c(O)c(C)c2)nc1-c1ccc(N(C)C)cc1S(=O)(=O)Nc1ccccc1. The monoisotopic (exact) mass is 507 g/mol. The molecule has 0 fully saturated rings. The van der Waals surface area contributed by atoms with Crippen molar-refractivity contribution in [1.29, 1.82) is 0 Å². The molecule has 3 aromatic carbocycles. The summed E-state index contributed by atoms with van der Waals surface area (Å²) in [5.41, 5.74) is 4.96. The number of aromatic hydroxyl groups is 1. The molecule has 182 valence electrons. The first-order chi connectivity index (χ1) is 16.6. The fraction of sp³-hybridized carbons (Fsp3) is 0.222. The largest absolute Gasteiger partial charge is 0.507 e. The minimum Gasteiger partial charge on any atom is -0.507 e. The van der Waals surface area contributed by atoms with E-state index in [1.54, 1.807) is 41.7 Å². The molecule has 0 saturated heterocycles. The highest BCUT2D eigenvalue weighted by Gasteiger charge is 2.25. The van der Waals surface area contributed by atoms with Crippen molar-refractivity contribution in [2.24, 2.45) is 0 Å². The van der Waals surface area contributed by atoms with E-state index < -0.39 is 10.0 Å². The van der Waals surface area contributed by atoms with Gasteiger partial charge in [-0.2, -0.15) is 0 Å².